The predicted octanol–water partition coefficient (Wildman–Crippen LogP) is 4.04. The molecular weight excluding hydrogens is 358 g/mol. The number of hydrogen-bond acceptors (Lipinski definition) is 5. The van der Waals surface area contributed by atoms with Gasteiger partial charge in [-0.05, 0) is 36.4 Å². The molecule has 0 saturated carbocycles. The molecule has 0 radical (unpaired) electrons. The molecule has 1 atom stereocenters. The molecule has 2 heterocycles. The third kappa shape index (κ3) is 3.21. The van der Waals surface area contributed by atoms with Gasteiger partial charge in [-0.15, -0.1) is 16.8 Å². The highest BCUT2D eigenvalue weighted by Crippen LogP contribution is 2.30. The van der Waals surface area contributed by atoms with Crippen molar-refractivity contribution in [1.82, 2.24) is 24.7 Å². The standard InChI is InChI=1S/C20H19N5OS/c1-3-12-25-19(13-8-10-14(26-2)11-9-13)23-24-20(25)17(27)18-21-15-6-4-5-7-16(15)22-18/h3-11,17,27H,1,12H2,2H3,(H,21,22). The highest BCUT2D eigenvalue weighted by Gasteiger charge is 2.23. The van der Waals surface area contributed by atoms with Gasteiger partial charge in [0.05, 0.1) is 18.1 Å². The van der Waals surface area contributed by atoms with Crippen LogP contribution in [-0.4, -0.2) is 31.8 Å². The Balaban J connectivity index is 1.75. The van der Waals surface area contributed by atoms with E-state index < -0.39 is 0 Å². The second-order valence-corrected chi connectivity index (χ2v) is 6.57. The SMILES string of the molecule is C=CCn1c(-c2ccc(OC)cc2)nnc1C(S)c1nc2ccccc2[nH]1. The minimum atomic E-state index is -0.336. The van der Waals surface area contributed by atoms with Crippen LogP contribution in [0.1, 0.15) is 16.9 Å². The zero-order valence-electron chi connectivity index (χ0n) is 14.8. The first-order valence-electron chi connectivity index (χ1n) is 8.52. The molecule has 0 spiro atoms. The van der Waals surface area contributed by atoms with E-state index in [1.54, 1.807) is 7.11 Å². The number of aromatic amines is 1. The largest absolute Gasteiger partial charge is 0.497 e. The summed E-state index contributed by atoms with van der Waals surface area (Å²) in [5.41, 5.74) is 2.81. The maximum Gasteiger partial charge on any atom is 0.164 e. The molecule has 2 aromatic heterocycles. The van der Waals surface area contributed by atoms with Crippen molar-refractivity contribution in [3.63, 3.8) is 0 Å². The van der Waals surface area contributed by atoms with E-state index in [1.165, 1.54) is 0 Å². The van der Waals surface area contributed by atoms with Gasteiger partial charge in [0.1, 0.15) is 16.8 Å². The molecule has 4 rings (SSSR count). The van der Waals surface area contributed by atoms with E-state index in [9.17, 15) is 0 Å². The summed E-state index contributed by atoms with van der Waals surface area (Å²) in [4.78, 5) is 7.96. The van der Waals surface area contributed by atoms with E-state index in [-0.39, 0.29) is 5.25 Å². The average Bonchev–Trinajstić information content (AvgIpc) is 3.32. The number of nitrogens with one attached hydrogen (secondary N) is 1. The summed E-state index contributed by atoms with van der Waals surface area (Å²) in [6, 6.07) is 15.6. The Kier molecular flexibility index (Phi) is 4.68. The van der Waals surface area contributed by atoms with Gasteiger partial charge in [-0.25, -0.2) is 4.98 Å². The van der Waals surface area contributed by atoms with Crippen LogP contribution < -0.4 is 4.74 Å². The fourth-order valence-corrected chi connectivity index (χ4v) is 3.32. The van der Waals surface area contributed by atoms with Crippen molar-refractivity contribution < 1.29 is 4.74 Å². The Labute approximate surface area is 162 Å². The van der Waals surface area contributed by atoms with Gasteiger partial charge in [0.25, 0.3) is 0 Å². The number of benzene rings is 2. The van der Waals surface area contributed by atoms with Crippen LogP contribution >= 0.6 is 12.6 Å². The number of rotatable bonds is 6. The number of methoxy groups -OCH3 is 1. The molecule has 6 nitrogen and oxygen atoms in total. The van der Waals surface area contributed by atoms with Crippen molar-refractivity contribution in [3.05, 3.63) is 72.8 Å². The highest BCUT2D eigenvalue weighted by molar-refractivity contribution is 7.80. The van der Waals surface area contributed by atoms with E-state index in [2.05, 4.69) is 26.7 Å². The lowest BCUT2D eigenvalue weighted by molar-refractivity contribution is 0.415. The molecule has 0 fully saturated rings. The minimum Gasteiger partial charge on any atom is -0.497 e. The van der Waals surface area contributed by atoms with Crippen molar-refractivity contribution in [3.8, 4) is 17.1 Å². The highest BCUT2D eigenvalue weighted by atomic mass is 32.1. The van der Waals surface area contributed by atoms with Gasteiger partial charge in [0, 0.05) is 12.1 Å². The Bertz CT molecular complexity index is 1050. The molecular formula is C20H19N5OS. The summed E-state index contributed by atoms with van der Waals surface area (Å²) < 4.78 is 7.23. The van der Waals surface area contributed by atoms with Crippen molar-refractivity contribution in [2.24, 2.45) is 0 Å². The quantitative estimate of drug-likeness (QED) is 0.393. The molecule has 4 aromatic rings. The maximum atomic E-state index is 5.23. The van der Waals surface area contributed by atoms with Gasteiger partial charge < -0.3 is 14.3 Å². The molecule has 0 aliphatic heterocycles. The van der Waals surface area contributed by atoms with Crippen LogP contribution in [0.15, 0.2) is 61.2 Å². The summed E-state index contributed by atoms with van der Waals surface area (Å²) in [6.45, 7) is 4.43. The maximum absolute atomic E-state index is 5.23. The molecule has 0 bridgehead atoms. The average molecular weight is 377 g/mol. The van der Waals surface area contributed by atoms with Crippen molar-refractivity contribution in [1.29, 1.82) is 0 Å². The summed E-state index contributed by atoms with van der Waals surface area (Å²) in [6.07, 6.45) is 1.82. The zero-order valence-corrected chi connectivity index (χ0v) is 15.7. The smallest absolute Gasteiger partial charge is 0.164 e. The van der Waals surface area contributed by atoms with Gasteiger partial charge in [0.15, 0.2) is 11.6 Å². The number of imidazole rings is 1. The number of H-pyrrole nitrogens is 1. The monoisotopic (exact) mass is 377 g/mol. The van der Waals surface area contributed by atoms with Crippen molar-refractivity contribution >= 4 is 23.7 Å². The number of fused-ring (bicyclic) bond motifs is 1. The topological polar surface area (TPSA) is 68.6 Å². The second-order valence-electron chi connectivity index (χ2n) is 6.05. The first kappa shape index (κ1) is 17.4. The molecule has 0 aliphatic rings. The van der Waals surface area contributed by atoms with Gasteiger partial charge >= 0.3 is 0 Å². The van der Waals surface area contributed by atoms with Crippen LogP contribution in [0.2, 0.25) is 0 Å². The first-order valence-corrected chi connectivity index (χ1v) is 9.04. The second kappa shape index (κ2) is 7.28. The van der Waals surface area contributed by atoms with Gasteiger partial charge in [-0.2, -0.15) is 12.6 Å². The number of ether oxygens (including phenoxy) is 1. The molecule has 1 unspecified atom stereocenters. The Hall–Kier alpha value is -3.06. The number of hydrogen-bond donors (Lipinski definition) is 2. The Morgan fingerprint density at radius 2 is 1.96 bits per heavy atom. The Morgan fingerprint density at radius 1 is 1.19 bits per heavy atom. The zero-order chi connectivity index (χ0) is 18.8. The number of thiol groups is 1. The molecule has 0 aliphatic carbocycles. The lowest BCUT2D eigenvalue weighted by atomic mass is 10.2. The molecule has 136 valence electrons. The summed E-state index contributed by atoms with van der Waals surface area (Å²) in [7, 11) is 1.65. The van der Waals surface area contributed by atoms with Crippen LogP contribution in [0.5, 0.6) is 5.75 Å². The predicted molar refractivity (Wildman–Crippen MR) is 109 cm³/mol. The third-order valence-corrected chi connectivity index (χ3v) is 4.83. The van der Waals surface area contributed by atoms with Gasteiger partial charge in [-0.3, -0.25) is 0 Å². The number of allylic oxidation sites excluding steroid dienone is 1. The molecule has 2 aromatic carbocycles. The Morgan fingerprint density at radius 3 is 2.67 bits per heavy atom. The van der Waals surface area contributed by atoms with Crippen LogP contribution in [-0.2, 0) is 6.54 Å². The number of nitrogens with zero attached hydrogens (tertiary/aromatic N) is 4. The molecule has 0 amide bonds. The fraction of sp³-hybridized carbons (Fsp3) is 0.150. The normalized spacial score (nSPS) is 12.2. The first-order chi connectivity index (χ1) is 13.2. The van der Waals surface area contributed by atoms with Gasteiger partial charge in [-0.1, -0.05) is 18.2 Å². The van der Waals surface area contributed by atoms with E-state index in [1.807, 2.05) is 59.2 Å². The van der Waals surface area contributed by atoms with Crippen molar-refractivity contribution in [2.45, 2.75) is 11.8 Å². The lowest BCUT2D eigenvalue weighted by Gasteiger charge is -2.11. The lowest BCUT2D eigenvalue weighted by Crippen LogP contribution is -2.08. The summed E-state index contributed by atoms with van der Waals surface area (Å²) in [5, 5.41) is 8.46. The van der Waals surface area contributed by atoms with E-state index >= 15 is 0 Å². The number of aromatic nitrogens is 5. The van der Waals surface area contributed by atoms with Crippen LogP contribution in [0.3, 0.4) is 0 Å². The third-order valence-electron chi connectivity index (χ3n) is 4.35. The molecule has 27 heavy (non-hydrogen) atoms. The van der Waals surface area contributed by atoms with E-state index in [0.717, 1.165) is 34.0 Å². The molecule has 1 N–H and O–H groups in total. The summed E-state index contributed by atoms with van der Waals surface area (Å²) >= 11 is 4.77. The minimum absolute atomic E-state index is 0.336. The fourth-order valence-electron chi connectivity index (χ4n) is 3.00. The van der Waals surface area contributed by atoms with Gasteiger partial charge in [0.2, 0.25) is 0 Å². The van der Waals surface area contributed by atoms with E-state index in [0.29, 0.717) is 12.4 Å². The van der Waals surface area contributed by atoms with Crippen LogP contribution in [0.25, 0.3) is 22.4 Å². The van der Waals surface area contributed by atoms with Crippen molar-refractivity contribution in [2.75, 3.05) is 7.11 Å². The van der Waals surface area contributed by atoms with E-state index in [4.69, 9.17) is 17.4 Å². The molecule has 0 saturated heterocycles. The van der Waals surface area contributed by atoms with Crippen LogP contribution in [0, 0.1) is 0 Å². The van der Waals surface area contributed by atoms with Crippen LogP contribution in [0.4, 0.5) is 0 Å². The summed E-state index contributed by atoms with van der Waals surface area (Å²) in [5.74, 6) is 2.99. The molecule has 7 heteroatoms. The number of para-hydroxylation sites is 2.